The Hall–Kier alpha value is -1.62. The predicted octanol–water partition coefficient (Wildman–Crippen LogP) is 2.41. The Morgan fingerprint density at radius 1 is 1.37 bits per heavy atom. The van der Waals surface area contributed by atoms with Crippen LogP contribution in [-0.2, 0) is 9.53 Å². The number of hydrogen-bond acceptors (Lipinski definition) is 3. The number of carbonyl (C=O) groups excluding carboxylic acids is 2. The molecule has 0 saturated heterocycles. The molecule has 0 aliphatic rings. The maximum Gasteiger partial charge on any atom is 0.328 e. The minimum Gasteiger partial charge on any atom is -0.467 e. The van der Waals surface area contributed by atoms with Crippen molar-refractivity contribution in [2.24, 2.45) is 5.92 Å². The minimum atomic E-state index is -0.781. The van der Waals surface area contributed by atoms with Gasteiger partial charge in [0.25, 0.3) is 5.91 Å². The van der Waals surface area contributed by atoms with E-state index in [1.165, 1.54) is 19.2 Å². The molecule has 1 atom stereocenters. The number of carbonyl (C=O) groups is 2. The van der Waals surface area contributed by atoms with Crippen LogP contribution in [0.25, 0.3) is 0 Å². The van der Waals surface area contributed by atoms with E-state index in [1.54, 1.807) is 13.8 Å². The average molecular weight is 288 g/mol. The summed E-state index contributed by atoms with van der Waals surface area (Å²) in [6, 6.07) is 2.91. The molecule has 1 aromatic carbocycles. The van der Waals surface area contributed by atoms with Gasteiger partial charge in [0, 0.05) is 5.56 Å². The molecule has 0 spiro atoms. The SMILES string of the molecule is COC(=O)C(NC(=O)c1ccc(Cl)c(F)c1)C(C)C. The first kappa shape index (κ1) is 15.4. The van der Waals surface area contributed by atoms with Gasteiger partial charge in [0.2, 0.25) is 0 Å². The van der Waals surface area contributed by atoms with Crippen LogP contribution in [0, 0.1) is 11.7 Å². The van der Waals surface area contributed by atoms with Gasteiger partial charge >= 0.3 is 5.97 Å². The van der Waals surface area contributed by atoms with E-state index < -0.39 is 23.7 Å². The molecular formula is C13H15ClFNO3. The molecule has 0 heterocycles. The minimum absolute atomic E-state index is 0.0649. The number of amides is 1. The van der Waals surface area contributed by atoms with Crippen LogP contribution < -0.4 is 5.32 Å². The van der Waals surface area contributed by atoms with Crippen LogP contribution in [0.3, 0.4) is 0 Å². The summed E-state index contributed by atoms with van der Waals surface area (Å²) in [5, 5.41) is 2.44. The highest BCUT2D eigenvalue weighted by Gasteiger charge is 2.25. The molecule has 0 aliphatic heterocycles. The Labute approximate surface area is 115 Å². The zero-order chi connectivity index (χ0) is 14.6. The number of halogens is 2. The zero-order valence-corrected chi connectivity index (χ0v) is 11.6. The quantitative estimate of drug-likeness (QED) is 0.865. The van der Waals surface area contributed by atoms with E-state index in [-0.39, 0.29) is 16.5 Å². The van der Waals surface area contributed by atoms with Gasteiger partial charge < -0.3 is 10.1 Å². The summed E-state index contributed by atoms with van der Waals surface area (Å²) in [4.78, 5) is 23.4. The van der Waals surface area contributed by atoms with Crippen molar-refractivity contribution in [1.29, 1.82) is 0 Å². The molecule has 0 bridgehead atoms. The third-order valence-corrected chi connectivity index (χ3v) is 2.90. The van der Waals surface area contributed by atoms with Crippen LogP contribution >= 0.6 is 11.6 Å². The third-order valence-electron chi connectivity index (χ3n) is 2.59. The molecule has 1 aromatic rings. The first-order chi connectivity index (χ1) is 8.86. The molecule has 1 amide bonds. The number of ether oxygens (including phenoxy) is 1. The second-order valence-electron chi connectivity index (χ2n) is 4.35. The van der Waals surface area contributed by atoms with E-state index in [0.29, 0.717) is 0 Å². The maximum absolute atomic E-state index is 13.3. The van der Waals surface area contributed by atoms with Gasteiger partial charge in [-0.05, 0) is 24.1 Å². The van der Waals surface area contributed by atoms with E-state index in [9.17, 15) is 14.0 Å². The van der Waals surface area contributed by atoms with Crippen LogP contribution in [0.5, 0.6) is 0 Å². The Morgan fingerprint density at radius 3 is 2.47 bits per heavy atom. The van der Waals surface area contributed by atoms with Crippen LogP contribution in [0.1, 0.15) is 24.2 Å². The summed E-state index contributed by atoms with van der Waals surface area (Å²) in [5.41, 5.74) is 0.0939. The van der Waals surface area contributed by atoms with Crippen LogP contribution in [0.4, 0.5) is 4.39 Å². The van der Waals surface area contributed by atoms with E-state index >= 15 is 0 Å². The fraction of sp³-hybridized carbons (Fsp3) is 0.385. The summed E-state index contributed by atoms with van der Waals surface area (Å²) in [7, 11) is 1.24. The Bertz CT molecular complexity index is 491. The van der Waals surface area contributed by atoms with Gasteiger partial charge in [-0.3, -0.25) is 4.79 Å². The number of methoxy groups -OCH3 is 1. The molecular weight excluding hydrogens is 273 g/mol. The van der Waals surface area contributed by atoms with Crippen molar-refractivity contribution in [3.63, 3.8) is 0 Å². The Balaban J connectivity index is 2.87. The molecule has 1 rings (SSSR count). The van der Waals surface area contributed by atoms with Gasteiger partial charge in [-0.15, -0.1) is 0 Å². The highest BCUT2D eigenvalue weighted by atomic mass is 35.5. The third kappa shape index (κ3) is 3.92. The lowest BCUT2D eigenvalue weighted by Crippen LogP contribution is -2.45. The summed E-state index contributed by atoms with van der Waals surface area (Å²) < 4.78 is 17.9. The fourth-order valence-corrected chi connectivity index (χ4v) is 1.60. The lowest BCUT2D eigenvalue weighted by molar-refractivity contribution is -0.144. The van der Waals surface area contributed by atoms with Crippen LogP contribution in [-0.4, -0.2) is 25.0 Å². The van der Waals surface area contributed by atoms with Crippen molar-refractivity contribution in [3.8, 4) is 0 Å². The van der Waals surface area contributed by atoms with Gasteiger partial charge in [-0.1, -0.05) is 25.4 Å². The summed E-state index contributed by atoms with van der Waals surface area (Å²) in [6.07, 6.45) is 0. The smallest absolute Gasteiger partial charge is 0.328 e. The highest BCUT2D eigenvalue weighted by Crippen LogP contribution is 2.16. The molecule has 4 nitrogen and oxygen atoms in total. The predicted molar refractivity (Wildman–Crippen MR) is 69.5 cm³/mol. The average Bonchev–Trinajstić information content (AvgIpc) is 2.37. The summed E-state index contributed by atoms with van der Waals surface area (Å²) >= 11 is 5.53. The molecule has 1 N–H and O–H groups in total. The standard InChI is InChI=1S/C13H15ClFNO3/c1-7(2)11(13(18)19-3)16-12(17)8-4-5-9(14)10(15)6-8/h4-7,11H,1-3H3,(H,16,17). The zero-order valence-electron chi connectivity index (χ0n) is 10.9. The second-order valence-corrected chi connectivity index (χ2v) is 4.75. The molecule has 0 radical (unpaired) electrons. The van der Waals surface area contributed by atoms with Crippen LogP contribution in [0.2, 0.25) is 5.02 Å². The van der Waals surface area contributed by atoms with E-state index in [1.807, 2.05) is 0 Å². The topological polar surface area (TPSA) is 55.4 Å². The van der Waals surface area contributed by atoms with Crippen molar-refractivity contribution < 1.29 is 18.7 Å². The second kappa shape index (κ2) is 6.52. The molecule has 0 saturated carbocycles. The largest absolute Gasteiger partial charge is 0.467 e. The van der Waals surface area contributed by atoms with Crippen molar-refractivity contribution in [1.82, 2.24) is 5.32 Å². The Kier molecular flexibility index (Phi) is 5.30. The molecule has 0 aliphatic carbocycles. The lowest BCUT2D eigenvalue weighted by atomic mass is 10.0. The number of hydrogen-bond donors (Lipinski definition) is 1. The van der Waals surface area contributed by atoms with Gasteiger partial charge in [0.1, 0.15) is 11.9 Å². The van der Waals surface area contributed by atoms with Gasteiger partial charge in [-0.25, -0.2) is 9.18 Å². The molecule has 19 heavy (non-hydrogen) atoms. The van der Waals surface area contributed by atoms with Crippen molar-refractivity contribution in [2.45, 2.75) is 19.9 Å². The fourth-order valence-electron chi connectivity index (χ4n) is 1.49. The van der Waals surface area contributed by atoms with E-state index in [2.05, 4.69) is 10.1 Å². The van der Waals surface area contributed by atoms with E-state index in [0.717, 1.165) is 6.07 Å². The molecule has 0 aromatic heterocycles. The summed E-state index contributed by atoms with van der Waals surface area (Å²) in [5.74, 6) is -1.93. The monoisotopic (exact) mass is 287 g/mol. The summed E-state index contributed by atoms with van der Waals surface area (Å²) in [6.45, 7) is 3.54. The van der Waals surface area contributed by atoms with Crippen molar-refractivity contribution in [2.75, 3.05) is 7.11 Å². The van der Waals surface area contributed by atoms with Gasteiger partial charge in [0.15, 0.2) is 0 Å². The number of nitrogens with one attached hydrogen (secondary N) is 1. The molecule has 1 unspecified atom stereocenters. The normalized spacial score (nSPS) is 12.1. The number of rotatable bonds is 4. The lowest BCUT2D eigenvalue weighted by Gasteiger charge is -2.19. The van der Waals surface area contributed by atoms with Gasteiger partial charge in [0.05, 0.1) is 12.1 Å². The van der Waals surface area contributed by atoms with Crippen molar-refractivity contribution in [3.05, 3.63) is 34.6 Å². The number of esters is 1. The first-order valence-corrected chi connectivity index (χ1v) is 6.08. The molecule has 104 valence electrons. The van der Waals surface area contributed by atoms with Gasteiger partial charge in [-0.2, -0.15) is 0 Å². The molecule has 0 fully saturated rings. The number of benzene rings is 1. The Morgan fingerprint density at radius 2 is 2.00 bits per heavy atom. The van der Waals surface area contributed by atoms with Crippen LogP contribution in [0.15, 0.2) is 18.2 Å². The first-order valence-electron chi connectivity index (χ1n) is 5.70. The van der Waals surface area contributed by atoms with Crippen molar-refractivity contribution >= 4 is 23.5 Å². The highest BCUT2D eigenvalue weighted by molar-refractivity contribution is 6.30. The molecule has 6 heteroatoms. The maximum atomic E-state index is 13.3. The van der Waals surface area contributed by atoms with E-state index in [4.69, 9.17) is 11.6 Å².